The Bertz CT molecular complexity index is 959. The van der Waals surface area contributed by atoms with Crippen LogP contribution >= 0.6 is 0 Å². The van der Waals surface area contributed by atoms with E-state index in [0.717, 1.165) is 0 Å². The summed E-state index contributed by atoms with van der Waals surface area (Å²) in [6.07, 6.45) is 0. The third-order valence-corrected chi connectivity index (χ3v) is 3.93. The van der Waals surface area contributed by atoms with Crippen molar-refractivity contribution in [2.45, 2.75) is 13.8 Å². The number of amides is 2. The molecule has 0 aliphatic carbocycles. The molecule has 1 heterocycles. The molecule has 26 heavy (non-hydrogen) atoms. The van der Waals surface area contributed by atoms with E-state index in [1.165, 1.54) is 7.11 Å². The van der Waals surface area contributed by atoms with Crippen LogP contribution in [0, 0.1) is 5.92 Å². The first-order valence-electron chi connectivity index (χ1n) is 8.28. The number of carbonyl (C=O) groups is 2. The summed E-state index contributed by atoms with van der Waals surface area (Å²) in [6.45, 7) is 3.57. The standard InChI is InChI=1S/C20H20N2O4/c1-12(2)19(23)22-17-13-8-4-6-10-15(13)26-18(17)20(24)21-14-9-5-7-11-16(14)25-3/h4-12H,1-3H3,(H,21,24)(H,22,23). The Morgan fingerprint density at radius 1 is 1.00 bits per heavy atom. The first kappa shape index (κ1) is 17.5. The number of hydrogen-bond donors (Lipinski definition) is 2. The average molecular weight is 352 g/mol. The normalized spacial score (nSPS) is 10.8. The summed E-state index contributed by atoms with van der Waals surface area (Å²) in [7, 11) is 1.53. The van der Waals surface area contributed by atoms with Crippen LogP contribution in [0.5, 0.6) is 5.75 Å². The Kier molecular flexibility index (Phi) is 4.93. The van der Waals surface area contributed by atoms with Crippen molar-refractivity contribution in [1.29, 1.82) is 0 Å². The fraction of sp³-hybridized carbons (Fsp3) is 0.200. The summed E-state index contributed by atoms with van der Waals surface area (Å²) < 4.78 is 11.0. The lowest BCUT2D eigenvalue weighted by Gasteiger charge is -2.11. The molecule has 0 unspecified atom stereocenters. The SMILES string of the molecule is COc1ccccc1NC(=O)c1oc2ccccc2c1NC(=O)C(C)C. The fourth-order valence-electron chi connectivity index (χ4n) is 2.52. The highest BCUT2D eigenvalue weighted by Crippen LogP contribution is 2.32. The second-order valence-corrected chi connectivity index (χ2v) is 6.10. The molecule has 6 nitrogen and oxygen atoms in total. The number of furan rings is 1. The van der Waals surface area contributed by atoms with E-state index in [-0.39, 0.29) is 17.6 Å². The highest BCUT2D eigenvalue weighted by Gasteiger charge is 2.23. The summed E-state index contributed by atoms with van der Waals surface area (Å²) in [6, 6.07) is 14.3. The molecule has 2 aromatic carbocycles. The number of methoxy groups -OCH3 is 1. The molecule has 0 spiro atoms. The van der Waals surface area contributed by atoms with Gasteiger partial charge in [0.25, 0.3) is 5.91 Å². The molecule has 0 aliphatic rings. The molecule has 1 aromatic heterocycles. The van der Waals surface area contributed by atoms with E-state index in [1.54, 1.807) is 44.2 Å². The van der Waals surface area contributed by atoms with Crippen LogP contribution < -0.4 is 15.4 Å². The molecule has 0 bridgehead atoms. The van der Waals surface area contributed by atoms with Crippen LogP contribution in [0.15, 0.2) is 52.9 Å². The summed E-state index contributed by atoms with van der Waals surface area (Å²) in [5.74, 6) is -0.308. The van der Waals surface area contributed by atoms with Gasteiger partial charge in [-0.1, -0.05) is 38.1 Å². The van der Waals surface area contributed by atoms with E-state index in [4.69, 9.17) is 9.15 Å². The Hall–Kier alpha value is -3.28. The molecule has 0 radical (unpaired) electrons. The van der Waals surface area contributed by atoms with Gasteiger partial charge in [0, 0.05) is 11.3 Å². The third-order valence-electron chi connectivity index (χ3n) is 3.93. The van der Waals surface area contributed by atoms with Crippen molar-refractivity contribution in [2.24, 2.45) is 5.92 Å². The molecule has 6 heteroatoms. The molecule has 0 aliphatic heterocycles. The number of ether oxygens (including phenoxy) is 1. The van der Waals surface area contributed by atoms with Gasteiger partial charge in [0.1, 0.15) is 17.0 Å². The number of rotatable bonds is 5. The van der Waals surface area contributed by atoms with Crippen molar-refractivity contribution in [3.8, 4) is 5.75 Å². The highest BCUT2D eigenvalue weighted by molar-refractivity contribution is 6.14. The van der Waals surface area contributed by atoms with Gasteiger partial charge < -0.3 is 19.8 Å². The zero-order valence-corrected chi connectivity index (χ0v) is 14.8. The fourth-order valence-corrected chi connectivity index (χ4v) is 2.52. The Balaban J connectivity index is 2.00. The van der Waals surface area contributed by atoms with Crippen LogP contribution in [0.4, 0.5) is 11.4 Å². The van der Waals surface area contributed by atoms with Crippen molar-refractivity contribution in [3.05, 3.63) is 54.3 Å². The number of para-hydroxylation sites is 3. The smallest absolute Gasteiger partial charge is 0.293 e. The van der Waals surface area contributed by atoms with E-state index in [2.05, 4.69) is 10.6 Å². The third kappa shape index (κ3) is 3.39. The maximum absolute atomic E-state index is 12.8. The van der Waals surface area contributed by atoms with E-state index >= 15 is 0 Å². The van der Waals surface area contributed by atoms with Crippen molar-refractivity contribution in [3.63, 3.8) is 0 Å². The first-order chi connectivity index (χ1) is 12.5. The number of nitrogens with one attached hydrogen (secondary N) is 2. The summed E-state index contributed by atoms with van der Waals surface area (Å²) >= 11 is 0. The number of hydrogen-bond acceptors (Lipinski definition) is 4. The van der Waals surface area contributed by atoms with Gasteiger partial charge in [0.05, 0.1) is 12.8 Å². The zero-order valence-electron chi connectivity index (χ0n) is 14.8. The van der Waals surface area contributed by atoms with Gasteiger partial charge >= 0.3 is 0 Å². The topological polar surface area (TPSA) is 80.6 Å². The Morgan fingerprint density at radius 2 is 1.69 bits per heavy atom. The maximum atomic E-state index is 12.8. The molecule has 2 N–H and O–H groups in total. The molecule has 134 valence electrons. The van der Waals surface area contributed by atoms with Crippen molar-refractivity contribution in [1.82, 2.24) is 0 Å². The number of carbonyl (C=O) groups excluding carboxylic acids is 2. The second-order valence-electron chi connectivity index (χ2n) is 6.10. The van der Waals surface area contributed by atoms with Gasteiger partial charge in [-0.3, -0.25) is 9.59 Å². The number of fused-ring (bicyclic) bond motifs is 1. The lowest BCUT2D eigenvalue weighted by Crippen LogP contribution is -2.20. The summed E-state index contributed by atoms with van der Waals surface area (Å²) in [4.78, 5) is 25.0. The van der Waals surface area contributed by atoms with Crippen LogP contribution in [0.25, 0.3) is 11.0 Å². The lowest BCUT2D eigenvalue weighted by molar-refractivity contribution is -0.118. The quantitative estimate of drug-likeness (QED) is 0.718. The first-order valence-corrected chi connectivity index (χ1v) is 8.28. The molecule has 0 atom stereocenters. The largest absolute Gasteiger partial charge is 0.495 e. The van der Waals surface area contributed by atoms with E-state index in [1.807, 2.05) is 18.2 Å². The van der Waals surface area contributed by atoms with Gasteiger partial charge in [0.2, 0.25) is 11.7 Å². The predicted molar refractivity (Wildman–Crippen MR) is 101 cm³/mol. The van der Waals surface area contributed by atoms with Gasteiger partial charge in [-0.2, -0.15) is 0 Å². The molecular weight excluding hydrogens is 332 g/mol. The minimum absolute atomic E-state index is 0.0473. The Morgan fingerprint density at radius 3 is 2.42 bits per heavy atom. The lowest BCUT2D eigenvalue weighted by atomic mass is 10.1. The predicted octanol–water partition coefficient (Wildman–Crippen LogP) is 4.29. The Labute approximate surface area is 151 Å². The van der Waals surface area contributed by atoms with Crippen LogP contribution in [0.1, 0.15) is 24.4 Å². The van der Waals surface area contributed by atoms with E-state index in [0.29, 0.717) is 28.1 Å². The monoisotopic (exact) mass is 352 g/mol. The number of anilines is 2. The van der Waals surface area contributed by atoms with E-state index < -0.39 is 5.91 Å². The van der Waals surface area contributed by atoms with Crippen LogP contribution in [0.2, 0.25) is 0 Å². The van der Waals surface area contributed by atoms with Crippen LogP contribution in [-0.4, -0.2) is 18.9 Å². The summed E-state index contributed by atoms with van der Waals surface area (Å²) in [5, 5.41) is 6.25. The van der Waals surface area contributed by atoms with Crippen LogP contribution in [-0.2, 0) is 4.79 Å². The molecule has 0 fully saturated rings. The molecular formula is C20H20N2O4. The molecule has 2 amide bonds. The van der Waals surface area contributed by atoms with Crippen molar-refractivity contribution < 1.29 is 18.7 Å². The average Bonchev–Trinajstić information content (AvgIpc) is 3.01. The minimum Gasteiger partial charge on any atom is -0.495 e. The maximum Gasteiger partial charge on any atom is 0.293 e. The molecule has 0 saturated heterocycles. The van der Waals surface area contributed by atoms with E-state index in [9.17, 15) is 9.59 Å². The number of benzene rings is 2. The minimum atomic E-state index is -0.468. The van der Waals surface area contributed by atoms with Gasteiger partial charge in [-0.25, -0.2) is 0 Å². The van der Waals surface area contributed by atoms with Crippen molar-refractivity contribution >= 4 is 34.2 Å². The molecule has 3 rings (SSSR count). The highest BCUT2D eigenvalue weighted by atomic mass is 16.5. The summed E-state index contributed by atoms with van der Waals surface area (Å²) in [5.41, 5.74) is 1.41. The van der Waals surface area contributed by atoms with Gasteiger partial charge in [0.15, 0.2) is 0 Å². The van der Waals surface area contributed by atoms with Crippen LogP contribution in [0.3, 0.4) is 0 Å². The van der Waals surface area contributed by atoms with Gasteiger partial charge in [-0.05, 0) is 24.3 Å². The van der Waals surface area contributed by atoms with Gasteiger partial charge in [-0.15, -0.1) is 0 Å². The molecule has 3 aromatic rings. The molecule has 0 saturated carbocycles. The second kappa shape index (κ2) is 7.31. The van der Waals surface area contributed by atoms with Crippen molar-refractivity contribution in [2.75, 3.05) is 17.7 Å². The zero-order chi connectivity index (χ0) is 18.7.